The van der Waals surface area contributed by atoms with Crippen molar-refractivity contribution in [2.24, 2.45) is 5.92 Å². The number of imidazole rings is 1. The molecule has 0 bridgehead atoms. The summed E-state index contributed by atoms with van der Waals surface area (Å²) >= 11 is 1.70. The van der Waals surface area contributed by atoms with Crippen molar-refractivity contribution >= 4 is 23.4 Å². The van der Waals surface area contributed by atoms with E-state index in [2.05, 4.69) is 15.3 Å². The number of hydrogen-bond donors (Lipinski definition) is 2. The molecule has 0 saturated carbocycles. The molecule has 3 rings (SSSR count). The van der Waals surface area contributed by atoms with E-state index in [9.17, 15) is 4.79 Å². The van der Waals surface area contributed by atoms with E-state index in [-0.39, 0.29) is 11.8 Å². The van der Waals surface area contributed by atoms with Crippen LogP contribution in [0.2, 0.25) is 0 Å². The van der Waals surface area contributed by atoms with Crippen LogP contribution in [0.4, 0.5) is 5.69 Å². The summed E-state index contributed by atoms with van der Waals surface area (Å²) in [5.41, 5.74) is 3.11. The summed E-state index contributed by atoms with van der Waals surface area (Å²) in [7, 11) is 0. The van der Waals surface area contributed by atoms with Gasteiger partial charge in [-0.2, -0.15) is 0 Å². The fourth-order valence-electron chi connectivity index (χ4n) is 2.77. The maximum atomic E-state index is 12.4. The highest BCUT2D eigenvalue weighted by atomic mass is 32.2. The molecule has 1 heterocycles. The first-order chi connectivity index (χ1) is 10.2. The van der Waals surface area contributed by atoms with E-state index in [4.69, 9.17) is 0 Å². The molecule has 4 nitrogen and oxygen atoms in total. The molecule has 1 aliphatic rings. The largest absolute Gasteiger partial charge is 0.346 e. The molecule has 1 unspecified atom stereocenters. The second-order valence-corrected chi connectivity index (χ2v) is 6.28. The van der Waals surface area contributed by atoms with Crippen LogP contribution in [0.25, 0.3) is 0 Å². The van der Waals surface area contributed by atoms with E-state index in [0.717, 1.165) is 42.2 Å². The fourth-order valence-corrected chi connectivity index (χ4v) is 3.17. The van der Waals surface area contributed by atoms with E-state index in [1.807, 2.05) is 37.4 Å². The minimum Gasteiger partial charge on any atom is -0.346 e. The topological polar surface area (TPSA) is 57.8 Å². The summed E-state index contributed by atoms with van der Waals surface area (Å²) in [6.45, 7) is 1.96. The smallest absolute Gasteiger partial charge is 0.227 e. The SMILES string of the molecule is CSc1ccc(NC(=O)C2CCc3nc(C)[nH]c3C2)cc1. The van der Waals surface area contributed by atoms with Gasteiger partial charge in [0.15, 0.2) is 0 Å². The molecule has 110 valence electrons. The van der Waals surface area contributed by atoms with E-state index >= 15 is 0 Å². The van der Waals surface area contributed by atoms with Gasteiger partial charge in [0.1, 0.15) is 5.82 Å². The highest BCUT2D eigenvalue weighted by molar-refractivity contribution is 7.98. The molecule has 2 aromatic rings. The van der Waals surface area contributed by atoms with Crippen LogP contribution in [0.5, 0.6) is 0 Å². The Morgan fingerprint density at radius 1 is 1.38 bits per heavy atom. The average molecular weight is 301 g/mol. The summed E-state index contributed by atoms with van der Waals surface area (Å²) in [5, 5.41) is 3.02. The number of carbonyl (C=O) groups excluding carboxylic acids is 1. The minimum absolute atomic E-state index is 0.0255. The number of thioether (sulfide) groups is 1. The number of nitrogens with one attached hydrogen (secondary N) is 2. The normalized spacial score (nSPS) is 17.3. The van der Waals surface area contributed by atoms with Crippen LogP contribution >= 0.6 is 11.8 Å². The van der Waals surface area contributed by atoms with Crippen molar-refractivity contribution in [3.63, 3.8) is 0 Å². The number of hydrogen-bond acceptors (Lipinski definition) is 3. The number of aromatic nitrogens is 2. The zero-order chi connectivity index (χ0) is 14.8. The van der Waals surface area contributed by atoms with Gasteiger partial charge in [-0.05, 0) is 50.3 Å². The van der Waals surface area contributed by atoms with Gasteiger partial charge < -0.3 is 10.3 Å². The first-order valence-corrected chi connectivity index (χ1v) is 8.37. The Morgan fingerprint density at radius 2 is 2.14 bits per heavy atom. The highest BCUT2D eigenvalue weighted by Crippen LogP contribution is 2.25. The number of carbonyl (C=O) groups is 1. The van der Waals surface area contributed by atoms with Gasteiger partial charge in [0.05, 0.1) is 5.69 Å². The quantitative estimate of drug-likeness (QED) is 0.856. The molecular weight excluding hydrogens is 282 g/mol. The number of rotatable bonds is 3. The van der Waals surface area contributed by atoms with Crippen LogP contribution in [0.15, 0.2) is 29.2 Å². The van der Waals surface area contributed by atoms with Crippen LogP contribution in [0.3, 0.4) is 0 Å². The third kappa shape index (κ3) is 3.13. The van der Waals surface area contributed by atoms with Gasteiger partial charge >= 0.3 is 0 Å². The van der Waals surface area contributed by atoms with Crippen molar-refractivity contribution in [3.05, 3.63) is 41.5 Å². The fraction of sp³-hybridized carbons (Fsp3) is 0.375. The van der Waals surface area contributed by atoms with E-state index in [0.29, 0.717) is 0 Å². The van der Waals surface area contributed by atoms with Crippen LogP contribution in [-0.2, 0) is 17.6 Å². The zero-order valence-corrected chi connectivity index (χ0v) is 13.1. The van der Waals surface area contributed by atoms with Crippen LogP contribution in [0.1, 0.15) is 23.6 Å². The minimum atomic E-state index is 0.0255. The standard InChI is InChI=1S/C16H19N3OS/c1-10-17-14-8-3-11(9-15(14)18-10)16(20)19-12-4-6-13(21-2)7-5-12/h4-7,11H,3,8-9H2,1-2H3,(H,17,18)(H,19,20). The highest BCUT2D eigenvalue weighted by Gasteiger charge is 2.26. The Balaban J connectivity index is 1.66. The van der Waals surface area contributed by atoms with E-state index in [1.54, 1.807) is 11.8 Å². The summed E-state index contributed by atoms with van der Waals surface area (Å²) in [6.07, 6.45) is 4.54. The third-order valence-electron chi connectivity index (χ3n) is 3.89. The molecule has 1 amide bonds. The predicted molar refractivity (Wildman–Crippen MR) is 85.7 cm³/mol. The first-order valence-electron chi connectivity index (χ1n) is 7.15. The Morgan fingerprint density at radius 3 is 2.86 bits per heavy atom. The Kier molecular flexibility index (Phi) is 4.01. The van der Waals surface area contributed by atoms with Gasteiger partial charge in [-0.25, -0.2) is 4.98 Å². The summed E-state index contributed by atoms with van der Waals surface area (Å²) in [5.74, 6) is 1.07. The number of nitrogens with zero attached hydrogens (tertiary/aromatic N) is 1. The van der Waals surface area contributed by atoms with Gasteiger partial charge in [0.2, 0.25) is 5.91 Å². The molecule has 1 aromatic carbocycles. The van der Waals surface area contributed by atoms with Gasteiger partial charge in [-0.3, -0.25) is 4.79 Å². The van der Waals surface area contributed by atoms with Crippen LogP contribution < -0.4 is 5.32 Å². The van der Waals surface area contributed by atoms with Crippen molar-refractivity contribution in [1.29, 1.82) is 0 Å². The molecule has 0 aliphatic heterocycles. The maximum absolute atomic E-state index is 12.4. The van der Waals surface area contributed by atoms with Gasteiger partial charge in [-0.1, -0.05) is 0 Å². The zero-order valence-electron chi connectivity index (χ0n) is 12.3. The molecule has 0 radical (unpaired) electrons. The van der Waals surface area contributed by atoms with Crippen molar-refractivity contribution in [2.75, 3.05) is 11.6 Å². The Hall–Kier alpha value is -1.75. The molecule has 0 fully saturated rings. The lowest BCUT2D eigenvalue weighted by Gasteiger charge is -2.20. The second-order valence-electron chi connectivity index (χ2n) is 5.40. The molecule has 1 aromatic heterocycles. The summed E-state index contributed by atoms with van der Waals surface area (Å²) in [4.78, 5) is 21.3. The van der Waals surface area contributed by atoms with E-state index < -0.39 is 0 Å². The number of anilines is 1. The lowest BCUT2D eigenvalue weighted by molar-refractivity contribution is -0.120. The molecule has 1 atom stereocenters. The molecule has 0 spiro atoms. The van der Waals surface area contributed by atoms with Crippen molar-refractivity contribution < 1.29 is 4.79 Å². The molecule has 0 saturated heterocycles. The maximum Gasteiger partial charge on any atom is 0.227 e. The van der Waals surface area contributed by atoms with E-state index in [1.165, 1.54) is 4.90 Å². The molecular formula is C16H19N3OS. The number of benzene rings is 1. The average Bonchev–Trinajstić information content (AvgIpc) is 2.87. The monoisotopic (exact) mass is 301 g/mol. The van der Waals surface area contributed by atoms with Crippen LogP contribution in [0, 0.1) is 12.8 Å². The van der Waals surface area contributed by atoms with Crippen molar-refractivity contribution in [3.8, 4) is 0 Å². The molecule has 1 aliphatic carbocycles. The number of aryl methyl sites for hydroxylation is 2. The van der Waals surface area contributed by atoms with Gasteiger partial charge in [0.25, 0.3) is 0 Å². The van der Waals surface area contributed by atoms with Gasteiger partial charge in [-0.15, -0.1) is 11.8 Å². The molecule has 2 N–H and O–H groups in total. The van der Waals surface area contributed by atoms with Crippen molar-refractivity contribution in [1.82, 2.24) is 9.97 Å². The lowest BCUT2D eigenvalue weighted by atomic mass is 9.89. The predicted octanol–water partition coefficient (Wildman–Crippen LogP) is 3.18. The number of amides is 1. The van der Waals surface area contributed by atoms with Gasteiger partial charge in [0, 0.05) is 28.6 Å². The van der Waals surface area contributed by atoms with Crippen molar-refractivity contribution in [2.45, 2.75) is 31.1 Å². The number of aromatic amines is 1. The second kappa shape index (κ2) is 5.93. The number of H-pyrrole nitrogens is 1. The molecule has 5 heteroatoms. The third-order valence-corrected chi connectivity index (χ3v) is 4.63. The number of fused-ring (bicyclic) bond motifs is 1. The summed E-state index contributed by atoms with van der Waals surface area (Å²) in [6, 6.07) is 7.96. The Labute approximate surface area is 128 Å². The Bertz CT molecular complexity index is 648. The molecule has 21 heavy (non-hydrogen) atoms. The van der Waals surface area contributed by atoms with Crippen LogP contribution in [-0.4, -0.2) is 22.1 Å². The lowest BCUT2D eigenvalue weighted by Crippen LogP contribution is -2.28. The summed E-state index contributed by atoms with van der Waals surface area (Å²) < 4.78 is 0. The first kappa shape index (κ1) is 14.2.